The van der Waals surface area contributed by atoms with Crippen molar-refractivity contribution in [1.29, 1.82) is 0 Å². The number of ether oxygens (including phenoxy) is 3. The van der Waals surface area contributed by atoms with E-state index in [0.29, 0.717) is 30.3 Å². The predicted octanol–water partition coefficient (Wildman–Crippen LogP) is 4.14. The van der Waals surface area contributed by atoms with Gasteiger partial charge in [0.15, 0.2) is 11.5 Å². The lowest BCUT2D eigenvalue weighted by atomic mass is 10.1. The lowest BCUT2D eigenvalue weighted by Crippen LogP contribution is -2.48. The molecular weight excluding hydrogens is 438 g/mol. The fraction of sp³-hybridized carbons (Fsp3) is 0.400. The van der Waals surface area contributed by atoms with Crippen LogP contribution < -0.4 is 14.2 Å². The zero-order valence-electron chi connectivity index (χ0n) is 19.9. The maximum Gasteiger partial charge on any atom is 0.257 e. The Bertz CT molecular complexity index is 1120. The molecule has 0 radical (unpaired) electrons. The van der Waals surface area contributed by atoms with Gasteiger partial charge in [-0.3, -0.25) is 9.69 Å². The van der Waals surface area contributed by atoms with E-state index < -0.39 is 0 Å². The molecule has 33 heavy (non-hydrogen) atoms. The molecule has 0 saturated carbocycles. The van der Waals surface area contributed by atoms with E-state index in [0.717, 1.165) is 41.3 Å². The van der Waals surface area contributed by atoms with Gasteiger partial charge < -0.3 is 23.7 Å². The number of hydrogen-bond acceptors (Lipinski definition) is 6. The quantitative estimate of drug-likeness (QED) is 0.521. The molecule has 0 N–H and O–H groups in total. The summed E-state index contributed by atoms with van der Waals surface area (Å²) in [4.78, 5) is 19.0. The molecule has 2 aromatic heterocycles. The van der Waals surface area contributed by atoms with Gasteiger partial charge in [-0.1, -0.05) is 6.07 Å². The van der Waals surface area contributed by atoms with Crippen LogP contribution in [0.2, 0.25) is 0 Å². The SMILES string of the molecule is COc1ccc(CN2CCN(C(=O)c3c(-n4cccc4)sc(C)c3C)CC2)c(OC)c1OC. The molecule has 4 rings (SSSR count). The number of benzene rings is 1. The Morgan fingerprint density at radius 3 is 2.21 bits per heavy atom. The number of hydrogen-bond donors (Lipinski definition) is 0. The van der Waals surface area contributed by atoms with Crippen LogP contribution in [-0.4, -0.2) is 67.8 Å². The molecule has 1 aliphatic heterocycles. The van der Waals surface area contributed by atoms with Crippen molar-refractivity contribution in [3.63, 3.8) is 0 Å². The minimum Gasteiger partial charge on any atom is -0.493 e. The summed E-state index contributed by atoms with van der Waals surface area (Å²) in [5.74, 6) is 2.06. The summed E-state index contributed by atoms with van der Waals surface area (Å²) < 4.78 is 18.6. The molecule has 0 spiro atoms. The fourth-order valence-electron chi connectivity index (χ4n) is 4.31. The summed E-state index contributed by atoms with van der Waals surface area (Å²) in [6, 6.07) is 7.89. The Hall–Kier alpha value is -2.97. The first-order valence-corrected chi connectivity index (χ1v) is 11.8. The van der Waals surface area contributed by atoms with Crippen molar-refractivity contribution in [2.45, 2.75) is 20.4 Å². The van der Waals surface area contributed by atoms with Gasteiger partial charge in [0.25, 0.3) is 5.91 Å². The lowest BCUT2D eigenvalue weighted by Gasteiger charge is -2.35. The number of carbonyl (C=O) groups is 1. The van der Waals surface area contributed by atoms with Gasteiger partial charge in [0.1, 0.15) is 5.00 Å². The van der Waals surface area contributed by atoms with Gasteiger partial charge in [-0.25, -0.2) is 0 Å². The molecule has 1 amide bonds. The van der Waals surface area contributed by atoms with Crippen molar-refractivity contribution in [3.05, 3.63) is 58.2 Å². The lowest BCUT2D eigenvalue weighted by molar-refractivity contribution is 0.0627. The average Bonchev–Trinajstić information content (AvgIpc) is 3.47. The van der Waals surface area contributed by atoms with Crippen LogP contribution in [0.1, 0.15) is 26.4 Å². The summed E-state index contributed by atoms with van der Waals surface area (Å²) in [6.07, 6.45) is 3.99. The summed E-state index contributed by atoms with van der Waals surface area (Å²) in [5, 5.41) is 0.998. The van der Waals surface area contributed by atoms with Crippen LogP contribution in [0.5, 0.6) is 17.2 Å². The van der Waals surface area contributed by atoms with Crippen LogP contribution >= 0.6 is 11.3 Å². The van der Waals surface area contributed by atoms with Crippen LogP contribution in [0.15, 0.2) is 36.7 Å². The van der Waals surface area contributed by atoms with Gasteiger partial charge in [0, 0.05) is 55.6 Å². The number of rotatable bonds is 7. The Morgan fingerprint density at radius 1 is 0.939 bits per heavy atom. The fourth-order valence-corrected chi connectivity index (χ4v) is 5.42. The molecule has 1 aromatic carbocycles. The van der Waals surface area contributed by atoms with Crippen LogP contribution in [-0.2, 0) is 6.54 Å². The number of thiophene rings is 1. The third-order valence-electron chi connectivity index (χ3n) is 6.26. The number of aromatic nitrogens is 1. The van der Waals surface area contributed by atoms with Gasteiger partial charge in [0.2, 0.25) is 5.75 Å². The number of nitrogens with zero attached hydrogens (tertiary/aromatic N) is 3. The molecule has 8 heteroatoms. The number of amides is 1. The van der Waals surface area contributed by atoms with E-state index in [4.69, 9.17) is 14.2 Å². The van der Waals surface area contributed by atoms with E-state index in [9.17, 15) is 4.79 Å². The average molecular weight is 470 g/mol. The molecule has 3 heterocycles. The highest BCUT2D eigenvalue weighted by Crippen LogP contribution is 2.40. The molecule has 3 aromatic rings. The first-order valence-electron chi connectivity index (χ1n) is 11.0. The Kier molecular flexibility index (Phi) is 6.95. The number of aryl methyl sites for hydroxylation is 1. The van der Waals surface area contributed by atoms with E-state index in [1.54, 1.807) is 32.7 Å². The minimum atomic E-state index is 0.115. The second-order valence-corrected chi connectivity index (χ2v) is 9.32. The maximum absolute atomic E-state index is 13.5. The smallest absolute Gasteiger partial charge is 0.257 e. The molecule has 7 nitrogen and oxygen atoms in total. The summed E-state index contributed by atoms with van der Waals surface area (Å²) in [6.45, 7) is 7.82. The van der Waals surface area contributed by atoms with E-state index in [2.05, 4.69) is 11.8 Å². The molecule has 1 saturated heterocycles. The zero-order valence-corrected chi connectivity index (χ0v) is 20.7. The van der Waals surface area contributed by atoms with E-state index in [1.165, 1.54) is 4.88 Å². The van der Waals surface area contributed by atoms with Gasteiger partial charge in [0.05, 0.1) is 26.9 Å². The van der Waals surface area contributed by atoms with Crippen LogP contribution in [0.25, 0.3) is 5.00 Å². The zero-order chi connectivity index (χ0) is 23.5. The van der Waals surface area contributed by atoms with Gasteiger partial charge >= 0.3 is 0 Å². The van der Waals surface area contributed by atoms with Gasteiger partial charge in [-0.2, -0.15) is 0 Å². The monoisotopic (exact) mass is 469 g/mol. The third-order valence-corrected chi connectivity index (χ3v) is 7.48. The van der Waals surface area contributed by atoms with Crippen LogP contribution in [0, 0.1) is 13.8 Å². The highest BCUT2D eigenvalue weighted by molar-refractivity contribution is 7.15. The molecule has 1 fully saturated rings. The highest BCUT2D eigenvalue weighted by Gasteiger charge is 2.28. The minimum absolute atomic E-state index is 0.115. The second-order valence-electron chi connectivity index (χ2n) is 8.12. The maximum atomic E-state index is 13.5. The van der Waals surface area contributed by atoms with Crippen LogP contribution in [0.3, 0.4) is 0 Å². The van der Waals surface area contributed by atoms with E-state index >= 15 is 0 Å². The molecular formula is C25H31N3O4S. The summed E-state index contributed by atoms with van der Waals surface area (Å²) in [5.41, 5.74) is 2.93. The molecule has 0 bridgehead atoms. The second kappa shape index (κ2) is 9.89. The molecule has 176 valence electrons. The van der Waals surface area contributed by atoms with Crippen molar-refractivity contribution in [2.75, 3.05) is 47.5 Å². The van der Waals surface area contributed by atoms with E-state index in [1.807, 2.05) is 53.0 Å². The van der Waals surface area contributed by atoms with Crippen molar-refractivity contribution < 1.29 is 19.0 Å². The molecule has 1 aliphatic rings. The van der Waals surface area contributed by atoms with Gasteiger partial charge in [-0.15, -0.1) is 11.3 Å². The molecule has 0 aliphatic carbocycles. The first-order chi connectivity index (χ1) is 16.0. The van der Waals surface area contributed by atoms with E-state index in [-0.39, 0.29) is 5.91 Å². The summed E-state index contributed by atoms with van der Waals surface area (Å²) in [7, 11) is 4.88. The van der Waals surface area contributed by atoms with Gasteiger partial charge in [-0.05, 0) is 37.6 Å². The van der Waals surface area contributed by atoms with Crippen molar-refractivity contribution in [3.8, 4) is 22.2 Å². The normalized spacial score (nSPS) is 14.4. The predicted molar refractivity (Wildman–Crippen MR) is 130 cm³/mol. The Labute approximate surface area is 199 Å². The summed E-state index contributed by atoms with van der Waals surface area (Å²) >= 11 is 1.67. The number of carbonyl (C=O) groups excluding carboxylic acids is 1. The standard InChI is InChI=1S/C25H31N3O4S/c1-17-18(2)33-25(28-10-6-7-11-28)21(17)24(29)27-14-12-26(13-15-27)16-19-8-9-20(30-3)23(32-5)22(19)31-4/h6-11H,12-16H2,1-5H3. The molecule has 0 atom stereocenters. The topological polar surface area (TPSA) is 56.2 Å². The highest BCUT2D eigenvalue weighted by atomic mass is 32.1. The Morgan fingerprint density at radius 2 is 1.61 bits per heavy atom. The number of piperazine rings is 1. The number of methoxy groups -OCH3 is 3. The van der Waals surface area contributed by atoms with Crippen molar-refractivity contribution >= 4 is 17.2 Å². The largest absolute Gasteiger partial charge is 0.493 e. The van der Waals surface area contributed by atoms with Crippen molar-refractivity contribution in [1.82, 2.24) is 14.4 Å². The first kappa shape index (κ1) is 23.2. The van der Waals surface area contributed by atoms with Crippen molar-refractivity contribution in [2.24, 2.45) is 0 Å². The Balaban J connectivity index is 1.47. The molecule has 0 unspecified atom stereocenters. The van der Waals surface area contributed by atoms with Crippen LogP contribution in [0.4, 0.5) is 0 Å². The third kappa shape index (κ3) is 4.45.